The molecule has 0 radical (unpaired) electrons. The number of nitriles is 1. The zero-order chi connectivity index (χ0) is 30.6. The van der Waals surface area contributed by atoms with Crippen LogP contribution >= 0.6 is 0 Å². The maximum absolute atomic E-state index is 14.4. The van der Waals surface area contributed by atoms with E-state index in [4.69, 9.17) is 19.7 Å². The summed E-state index contributed by atoms with van der Waals surface area (Å²) < 4.78 is 42.5. The molecule has 2 atom stereocenters. The Bertz CT molecular complexity index is 1700. The van der Waals surface area contributed by atoms with Gasteiger partial charge in [-0.3, -0.25) is 9.69 Å². The maximum Gasteiger partial charge on any atom is 0.216 e. The number of carbonyl (C=O) groups is 1. The second-order valence-electron chi connectivity index (χ2n) is 11.6. The molecule has 6 rings (SSSR count). The molecule has 1 saturated heterocycles. The van der Waals surface area contributed by atoms with Crippen molar-refractivity contribution in [3.63, 3.8) is 0 Å². The molecule has 9 nitrogen and oxygen atoms in total. The Balaban J connectivity index is 1.11. The van der Waals surface area contributed by atoms with Gasteiger partial charge in [-0.25, -0.2) is 18.7 Å². The van der Waals surface area contributed by atoms with Gasteiger partial charge < -0.3 is 14.0 Å². The number of carbonyl (C=O) groups excluding carboxylic acids is 1. The lowest BCUT2D eigenvalue weighted by Gasteiger charge is -2.38. The summed E-state index contributed by atoms with van der Waals surface area (Å²) in [6, 6.07) is 12.8. The van der Waals surface area contributed by atoms with Crippen molar-refractivity contribution in [2.24, 2.45) is 5.92 Å². The molecule has 1 aliphatic heterocycles. The Hall–Kier alpha value is -4.43. The molecular weight excluding hydrogens is 566 g/mol. The van der Waals surface area contributed by atoms with Gasteiger partial charge in [0.15, 0.2) is 23.2 Å². The molecule has 3 heterocycles. The smallest absolute Gasteiger partial charge is 0.216 e. The van der Waals surface area contributed by atoms with Crippen LogP contribution < -0.4 is 9.47 Å². The number of benzene rings is 2. The molecule has 2 unspecified atom stereocenters. The second kappa shape index (κ2) is 13.1. The van der Waals surface area contributed by atoms with E-state index in [1.807, 2.05) is 24.3 Å². The van der Waals surface area contributed by atoms with Crippen LogP contribution in [-0.2, 0) is 19.7 Å². The molecule has 2 aliphatic rings. The molecule has 4 aromatic rings. The highest BCUT2D eigenvalue weighted by molar-refractivity contribution is 5.97. The van der Waals surface area contributed by atoms with Gasteiger partial charge in [-0.2, -0.15) is 10.2 Å². The van der Waals surface area contributed by atoms with Crippen molar-refractivity contribution in [3.05, 3.63) is 77.3 Å². The number of likely N-dealkylation sites (tertiary alicyclic amines) is 1. The molecule has 2 fully saturated rings. The van der Waals surface area contributed by atoms with E-state index in [9.17, 15) is 13.6 Å². The van der Waals surface area contributed by atoms with E-state index in [0.717, 1.165) is 29.5 Å². The molecule has 2 aromatic carbocycles. The van der Waals surface area contributed by atoms with Gasteiger partial charge in [0, 0.05) is 43.4 Å². The fourth-order valence-corrected chi connectivity index (χ4v) is 5.89. The Morgan fingerprint density at radius 2 is 2.00 bits per heavy atom. The van der Waals surface area contributed by atoms with Crippen LogP contribution in [-0.4, -0.2) is 55.6 Å². The molecular formula is C33H34F2N6O3. The first-order valence-electron chi connectivity index (χ1n) is 15.0. The van der Waals surface area contributed by atoms with Gasteiger partial charge in [-0.15, -0.1) is 0 Å². The van der Waals surface area contributed by atoms with E-state index in [0.29, 0.717) is 49.1 Å². The molecule has 1 aliphatic carbocycles. The van der Waals surface area contributed by atoms with Crippen LogP contribution in [0.2, 0.25) is 0 Å². The summed E-state index contributed by atoms with van der Waals surface area (Å²) in [7, 11) is 0. The lowest BCUT2D eigenvalue weighted by Crippen LogP contribution is -2.47. The summed E-state index contributed by atoms with van der Waals surface area (Å²) in [5, 5.41) is 8.91. The number of imidazole rings is 1. The number of aromatic nitrogens is 4. The Labute approximate surface area is 254 Å². The quantitative estimate of drug-likeness (QED) is 0.199. The predicted octanol–water partition coefficient (Wildman–Crippen LogP) is 5.80. The van der Waals surface area contributed by atoms with Gasteiger partial charge in [-0.1, -0.05) is 6.42 Å². The zero-order valence-electron chi connectivity index (χ0n) is 24.6. The Morgan fingerprint density at radius 1 is 1.14 bits per heavy atom. The summed E-state index contributed by atoms with van der Waals surface area (Å²) in [4.78, 5) is 27.7. The van der Waals surface area contributed by atoms with Crippen LogP contribution in [0.25, 0.3) is 11.0 Å². The summed E-state index contributed by atoms with van der Waals surface area (Å²) in [5.74, 6) is 1.52. The van der Waals surface area contributed by atoms with Gasteiger partial charge in [0.1, 0.15) is 25.2 Å². The van der Waals surface area contributed by atoms with Crippen LogP contribution in [0.15, 0.2) is 48.7 Å². The third kappa shape index (κ3) is 6.55. The van der Waals surface area contributed by atoms with Crippen LogP contribution in [0.4, 0.5) is 8.78 Å². The number of halogens is 2. The van der Waals surface area contributed by atoms with Gasteiger partial charge in [0.2, 0.25) is 5.88 Å². The van der Waals surface area contributed by atoms with Crippen molar-refractivity contribution >= 4 is 16.8 Å². The van der Waals surface area contributed by atoms with Crippen LogP contribution in [0.5, 0.6) is 11.6 Å². The number of hydrogen-bond donors (Lipinski definition) is 0. The van der Waals surface area contributed by atoms with Gasteiger partial charge in [-0.05, 0) is 68.5 Å². The third-order valence-corrected chi connectivity index (χ3v) is 8.60. The molecule has 2 aromatic heterocycles. The molecule has 0 amide bonds. The minimum atomic E-state index is -0.639. The number of piperidine rings is 1. The lowest BCUT2D eigenvalue weighted by molar-refractivity contribution is 0.0352. The number of fused-ring (bicyclic) bond motifs is 1. The minimum absolute atomic E-state index is 0.00223. The monoisotopic (exact) mass is 600 g/mol. The highest BCUT2D eigenvalue weighted by atomic mass is 19.1. The van der Waals surface area contributed by atoms with Crippen molar-refractivity contribution in [2.45, 2.75) is 70.9 Å². The van der Waals surface area contributed by atoms with Crippen LogP contribution in [0.3, 0.4) is 0 Å². The van der Waals surface area contributed by atoms with E-state index >= 15 is 0 Å². The van der Waals surface area contributed by atoms with Crippen molar-refractivity contribution in [3.8, 4) is 17.7 Å². The standard InChI is InChI=1S/C33H34F2N6O3/c1-21(42)24-6-7-28-29(14-24)41(18-22-3-2-4-22)32(38-28)19-40-12-10-26(15-25(40)16-34)44-33-9-11-37-31(39-33)20-43-30-8-5-23(17-36)13-27(30)35/h5-9,11,13-14,22,25-26H,2-4,10,12,15-16,18-20H2,1H3. The van der Waals surface area contributed by atoms with Crippen LogP contribution in [0, 0.1) is 23.1 Å². The SMILES string of the molecule is CC(=O)c1ccc2nc(CN3CCC(Oc4ccnc(COc5ccc(C#N)cc5F)n4)CC3CF)n(CC3CCC3)c2c1. The van der Waals surface area contributed by atoms with E-state index in [1.165, 1.54) is 31.4 Å². The second-order valence-corrected chi connectivity index (χ2v) is 11.6. The summed E-state index contributed by atoms with van der Waals surface area (Å²) in [6.07, 6.45) is 6.08. The number of nitrogens with zero attached hydrogens (tertiary/aromatic N) is 6. The van der Waals surface area contributed by atoms with E-state index < -0.39 is 12.5 Å². The zero-order valence-corrected chi connectivity index (χ0v) is 24.6. The number of hydrogen-bond acceptors (Lipinski definition) is 8. The van der Waals surface area contributed by atoms with Gasteiger partial charge >= 0.3 is 0 Å². The van der Waals surface area contributed by atoms with E-state index in [2.05, 4.69) is 19.4 Å². The Kier molecular flexibility index (Phi) is 8.79. The fourth-order valence-electron chi connectivity index (χ4n) is 5.89. The molecule has 0 bridgehead atoms. The predicted molar refractivity (Wildman–Crippen MR) is 158 cm³/mol. The minimum Gasteiger partial charge on any atom is -0.483 e. The lowest BCUT2D eigenvalue weighted by atomic mass is 9.85. The van der Waals surface area contributed by atoms with Crippen molar-refractivity contribution < 1.29 is 23.0 Å². The highest BCUT2D eigenvalue weighted by Crippen LogP contribution is 2.32. The third-order valence-electron chi connectivity index (χ3n) is 8.60. The van der Waals surface area contributed by atoms with Gasteiger partial charge in [0.05, 0.1) is 29.2 Å². The average Bonchev–Trinajstić information content (AvgIpc) is 3.35. The van der Waals surface area contributed by atoms with Crippen molar-refractivity contribution in [2.75, 3.05) is 13.2 Å². The van der Waals surface area contributed by atoms with Crippen LogP contribution in [0.1, 0.15) is 66.6 Å². The van der Waals surface area contributed by atoms with Gasteiger partial charge in [0.25, 0.3) is 0 Å². The fraction of sp³-hybridized carbons (Fsp3) is 0.424. The normalized spacial score (nSPS) is 19.0. The van der Waals surface area contributed by atoms with E-state index in [-0.39, 0.29) is 35.8 Å². The number of ether oxygens (including phenoxy) is 2. The first-order chi connectivity index (χ1) is 21.4. The number of rotatable bonds is 11. The molecule has 0 N–H and O–H groups in total. The molecule has 11 heteroatoms. The number of alkyl halides is 1. The average molecular weight is 601 g/mol. The maximum atomic E-state index is 14.4. The Morgan fingerprint density at radius 3 is 2.73 bits per heavy atom. The molecule has 0 spiro atoms. The van der Waals surface area contributed by atoms with E-state index in [1.54, 1.807) is 19.2 Å². The molecule has 44 heavy (non-hydrogen) atoms. The molecule has 1 saturated carbocycles. The first kappa shape index (κ1) is 29.6. The number of ketones is 1. The summed E-state index contributed by atoms with van der Waals surface area (Å²) >= 11 is 0. The highest BCUT2D eigenvalue weighted by Gasteiger charge is 2.32. The summed E-state index contributed by atoms with van der Waals surface area (Å²) in [5.41, 5.74) is 2.68. The summed E-state index contributed by atoms with van der Waals surface area (Å²) in [6.45, 7) is 2.96. The topological polar surface area (TPSA) is 106 Å². The number of Topliss-reactive ketones (excluding diaryl/α,β-unsaturated/α-hetero) is 1. The van der Waals surface area contributed by atoms with Crippen molar-refractivity contribution in [1.29, 1.82) is 5.26 Å². The van der Waals surface area contributed by atoms with Crippen molar-refractivity contribution in [1.82, 2.24) is 24.4 Å². The molecule has 228 valence electrons. The largest absolute Gasteiger partial charge is 0.483 e. The first-order valence-corrected chi connectivity index (χ1v) is 15.0.